The molecule has 0 spiro atoms. The van der Waals surface area contributed by atoms with Crippen LogP contribution in [0, 0.1) is 0 Å². The Morgan fingerprint density at radius 2 is 1.90 bits per heavy atom. The Labute approximate surface area is 179 Å². The summed E-state index contributed by atoms with van der Waals surface area (Å²) in [5, 5.41) is 29.2. The maximum atomic E-state index is 12.5. The van der Waals surface area contributed by atoms with Crippen LogP contribution in [-0.2, 0) is 22.4 Å². The molecule has 4 rings (SSSR count). The molecule has 0 unspecified atom stereocenters. The number of hydrogen-bond donors (Lipinski definition) is 3. The van der Waals surface area contributed by atoms with E-state index in [1.54, 1.807) is 13.0 Å². The van der Waals surface area contributed by atoms with Gasteiger partial charge in [-0.05, 0) is 54.9 Å². The Hall–Kier alpha value is -3.68. The quantitative estimate of drug-likeness (QED) is 0.470. The van der Waals surface area contributed by atoms with Crippen LogP contribution in [0.2, 0.25) is 0 Å². The predicted molar refractivity (Wildman–Crippen MR) is 117 cm³/mol. The Balaban J connectivity index is 1.46. The number of nitrogens with one attached hydrogen (secondary N) is 1. The predicted octanol–water partition coefficient (Wildman–Crippen LogP) is 3.13. The van der Waals surface area contributed by atoms with Gasteiger partial charge in [0.15, 0.2) is 5.71 Å². The number of carbonyl (C=O) groups excluding carboxylic acids is 1. The molecule has 0 radical (unpaired) electrons. The van der Waals surface area contributed by atoms with Crippen LogP contribution in [-0.4, -0.2) is 45.1 Å². The van der Waals surface area contributed by atoms with Gasteiger partial charge < -0.3 is 10.2 Å². The van der Waals surface area contributed by atoms with Crippen LogP contribution in [0.15, 0.2) is 52.7 Å². The molecule has 2 aliphatic rings. The Morgan fingerprint density at radius 1 is 1.19 bits per heavy atom. The Kier molecular flexibility index (Phi) is 5.70. The minimum absolute atomic E-state index is 0.0330. The van der Waals surface area contributed by atoms with E-state index in [9.17, 15) is 14.7 Å². The molecule has 1 heterocycles. The molecule has 160 valence electrons. The van der Waals surface area contributed by atoms with E-state index < -0.39 is 11.9 Å². The number of aliphatic carboxylic acids is 1. The molecule has 0 aromatic heterocycles. The molecule has 8 heteroatoms. The molecule has 0 bridgehead atoms. The van der Waals surface area contributed by atoms with Crippen molar-refractivity contribution in [3.8, 4) is 5.75 Å². The van der Waals surface area contributed by atoms with Crippen molar-refractivity contribution in [2.24, 2.45) is 10.2 Å². The first-order chi connectivity index (χ1) is 14.9. The number of phenolic OH excluding ortho intramolecular Hbond substituents is 1. The van der Waals surface area contributed by atoms with Crippen LogP contribution >= 0.6 is 0 Å². The summed E-state index contributed by atoms with van der Waals surface area (Å²) in [4.78, 5) is 23.2. The highest BCUT2D eigenvalue weighted by molar-refractivity contribution is 6.68. The zero-order valence-electron chi connectivity index (χ0n) is 17.2. The number of hydrazone groups is 2. The standard InChI is InChI=1S/C23H24N4O4/c1-14-21(23(31)27(26-14)11-5-10-20(28)29)25-24-19-9-4-8-18(22(19)30)17-12-15-6-2-3-7-16(15)13-17/h2-4,6-9,17,24,30H,5,10-13H2,1H3,(H,28,29)/b25-21-. The topological polar surface area (TPSA) is 115 Å². The zero-order chi connectivity index (χ0) is 22.0. The lowest BCUT2D eigenvalue weighted by molar-refractivity contribution is -0.137. The van der Waals surface area contributed by atoms with Crippen molar-refractivity contribution in [1.29, 1.82) is 0 Å². The second-order valence-corrected chi connectivity index (χ2v) is 7.80. The van der Waals surface area contributed by atoms with Crippen molar-refractivity contribution in [3.05, 3.63) is 59.2 Å². The van der Waals surface area contributed by atoms with Crippen molar-refractivity contribution >= 4 is 29.0 Å². The largest absolute Gasteiger partial charge is 0.505 e. The molecule has 3 N–H and O–H groups in total. The molecule has 0 saturated heterocycles. The van der Waals surface area contributed by atoms with Gasteiger partial charge in [-0.1, -0.05) is 36.4 Å². The molecule has 1 aliphatic heterocycles. The van der Waals surface area contributed by atoms with Crippen molar-refractivity contribution < 1.29 is 19.8 Å². The van der Waals surface area contributed by atoms with Gasteiger partial charge in [0.25, 0.3) is 5.91 Å². The van der Waals surface area contributed by atoms with E-state index in [0.717, 1.165) is 18.4 Å². The van der Waals surface area contributed by atoms with Crippen molar-refractivity contribution in [2.45, 2.75) is 38.5 Å². The van der Waals surface area contributed by atoms with E-state index in [2.05, 4.69) is 27.8 Å². The third-order valence-corrected chi connectivity index (χ3v) is 5.66. The average Bonchev–Trinajstić information content (AvgIpc) is 3.28. The van der Waals surface area contributed by atoms with Crippen LogP contribution in [0.3, 0.4) is 0 Å². The summed E-state index contributed by atoms with van der Waals surface area (Å²) in [5.41, 5.74) is 7.27. The fourth-order valence-corrected chi connectivity index (χ4v) is 4.09. The van der Waals surface area contributed by atoms with Crippen LogP contribution in [0.5, 0.6) is 5.75 Å². The molecule has 0 saturated carbocycles. The molecule has 2 aromatic carbocycles. The fraction of sp³-hybridized carbons (Fsp3) is 0.304. The van der Waals surface area contributed by atoms with E-state index in [0.29, 0.717) is 17.8 Å². The van der Waals surface area contributed by atoms with E-state index in [1.807, 2.05) is 24.3 Å². The highest BCUT2D eigenvalue weighted by atomic mass is 16.4. The lowest BCUT2D eigenvalue weighted by atomic mass is 9.95. The van der Waals surface area contributed by atoms with Crippen molar-refractivity contribution in [2.75, 3.05) is 12.0 Å². The number of aromatic hydroxyl groups is 1. The number of nitrogens with zero attached hydrogens (tertiary/aromatic N) is 3. The molecule has 0 fully saturated rings. The van der Waals surface area contributed by atoms with Gasteiger partial charge in [-0.3, -0.25) is 15.0 Å². The van der Waals surface area contributed by atoms with E-state index >= 15 is 0 Å². The number of fused-ring (bicyclic) bond motifs is 1. The number of amides is 1. The average molecular weight is 420 g/mol. The SMILES string of the molecule is CC1=NN(CCCC(=O)O)C(=O)/C1=N\Nc1cccc(C2Cc3ccccc3C2)c1O. The van der Waals surface area contributed by atoms with Crippen molar-refractivity contribution in [1.82, 2.24) is 5.01 Å². The number of carboxylic acids is 1. The number of hydrogen-bond acceptors (Lipinski definition) is 6. The van der Waals surface area contributed by atoms with E-state index in [-0.39, 0.29) is 30.3 Å². The lowest BCUT2D eigenvalue weighted by Gasteiger charge is -2.14. The van der Waals surface area contributed by atoms with Crippen LogP contribution < -0.4 is 5.43 Å². The molecule has 31 heavy (non-hydrogen) atoms. The van der Waals surface area contributed by atoms with Gasteiger partial charge in [-0.2, -0.15) is 10.2 Å². The van der Waals surface area contributed by atoms with Gasteiger partial charge >= 0.3 is 5.97 Å². The van der Waals surface area contributed by atoms with Gasteiger partial charge in [0.05, 0.1) is 11.4 Å². The minimum atomic E-state index is -0.913. The molecule has 8 nitrogen and oxygen atoms in total. The van der Waals surface area contributed by atoms with Gasteiger partial charge in [-0.15, -0.1) is 0 Å². The van der Waals surface area contributed by atoms with Gasteiger partial charge in [0.1, 0.15) is 5.75 Å². The Morgan fingerprint density at radius 3 is 2.58 bits per heavy atom. The van der Waals surface area contributed by atoms with Gasteiger partial charge in [0, 0.05) is 13.0 Å². The first-order valence-electron chi connectivity index (χ1n) is 10.3. The normalized spacial score (nSPS) is 17.2. The zero-order valence-corrected chi connectivity index (χ0v) is 17.2. The summed E-state index contributed by atoms with van der Waals surface area (Å²) < 4.78 is 0. The molecular weight excluding hydrogens is 396 g/mol. The maximum absolute atomic E-state index is 12.5. The fourth-order valence-electron chi connectivity index (χ4n) is 4.09. The smallest absolute Gasteiger partial charge is 0.303 e. The number of rotatable bonds is 7. The Bertz CT molecular complexity index is 1070. The van der Waals surface area contributed by atoms with Crippen LogP contribution in [0.4, 0.5) is 5.69 Å². The third-order valence-electron chi connectivity index (χ3n) is 5.66. The minimum Gasteiger partial charge on any atom is -0.505 e. The highest BCUT2D eigenvalue weighted by Gasteiger charge is 2.30. The first-order valence-corrected chi connectivity index (χ1v) is 10.3. The van der Waals surface area contributed by atoms with E-state index in [4.69, 9.17) is 5.11 Å². The number of para-hydroxylation sites is 1. The summed E-state index contributed by atoms with van der Waals surface area (Å²) in [7, 11) is 0. The summed E-state index contributed by atoms with van der Waals surface area (Å²) in [5.74, 6) is -0.989. The van der Waals surface area contributed by atoms with Crippen LogP contribution in [0.1, 0.15) is 42.4 Å². The highest BCUT2D eigenvalue weighted by Crippen LogP contribution is 2.40. The van der Waals surface area contributed by atoms with Crippen molar-refractivity contribution in [3.63, 3.8) is 0 Å². The summed E-state index contributed by atoms with van der Waals surface area (Å²) in [6.07, 6.45) is 2.02. The molecular formula is C23H24N4O4. The van der Waals surface area contributed by atoms with Gasteiger partial charge in [0.2, 0.25) is 0 Å². The molecule has 1 amide bonds. The summed E-state index contributed by atoms with van der Waals surface area (Å²) in [6.45, 7) is 1.88. The molecule has 2 aromatic rings. The lowest BCUT2D eigenvalue weighted by Crippen LogP contribution is -2.29. The molecule has 0 atom stereocenters. The second-order valence-electron chi connectivity index (χ2n) is 7.80. The number of anilines is 1. The number of carboxylic acid groups (broad SMARTS) is 1. The van der Waals surface area contributed by atoms with E-state index in [1.165, 1.54) is 16.1 Å². The second kappa shape index (κ2) is 8.59. The number of benzene rings is 2. The first kappa shape index (κ1) is 20.6. The monoisotopic (exact) mass is 420 g/mol. The third kappa shape index (κ3) is 4.28. The van der Waals surface area contributed by atoms with Crippen LogP contribution in [0.25, 0.3) is 0 Å². The molecule has 1 aliphatic carbocycles. The number of carbonyl (C=O) groups is 2. The van der Waals surface area contributed by atoms with Gasteiger partial charge in [-0.25, -0.2) is 5.01 Å². The maximum Gasteiger partial charge on any atom is 0.303 e. The summed E-state index contributed by atoms with van der Waals surface area (Å²) >= 11 is 0. The number of phenols is 1. The summed E-state index contributed by atoms with van der Waals surface area (Å²) in [6, 6.07) is 13.8.